The Kier molecular flexibility index (Phi) is 3.84. The summed E-state index contributed by atoms with van der Waals surface area (Å²) in [5.74, 6) is 1.63. The normalized spacial score (nSPS) is 18.8. The molecule has 88 valence electrons. The number of rotatable bonds is 2. The van der Waals surface area contributed by atoms with Crippen LogP contribution in [-0.4, -0.2) is 38.8 Å². The van der Waals surface area contributed by atoms with Gasteiger partial charge in [-0.05, 0) is 17.7 Å². The molecule has 0 radical (unpaired) electrons. The van der Waals surface area contributed by atoms with Gasteiger partial charge in [0.05, 0.1) is 5.02 Å². The van der Waals surface area contributed by atoms with Gasteiger partial charge in [0.25, 0.3) is 0 Å². The molecule has 0 amide bonds. The first kappa shape index (κ1) is 11.9. The predicted molar refractivity (Wildman–Crippen MR) is 66.3 cm³/mol. The molecule has 0 spiro atoms. The summed E-state index contributed by atoms with van der Waals surface area (Å²) in [6.45, 7) is 2.54. The highest BCUT2D eigenvalue weighted by Crippen LogP contribution is 2.24. The van der Waals surface area contributed by atoms with Crippen molar-refractivity contribution >= 4 is 22.4 Å². The lowest BCUT2D eigenvalue weighted by molar-refractivity contribution is 0.291. The van der Waals surface area contributed by atoms with Crippen molar-refractivity contribution in [2.75, 3.05) is 24.6 Å². The van der Waals surface area contributed by atoms with E-state index in [1.54, 1.807) is 12.1 Å². The van der Waals surface area contributed by atoms with E-state index in [2.05, 4.69) is 4.90 Å². The fraction of sp³-hybridized carbons (Fsp3) is 0.455. The highest BCUT2D eigenvalue weighted by Gasteiger charge is 2.15. The van der Waals surface area contributed by atoms with E-state index in [1.165, 1.54) is 0 Å². The van der Waals surface area contributed by atoms with Gasteiger partial charge < -0.3 is 5.11 Å². The Morgan fingerprint density at radius 1 is 1.38 bits per heavy atom. The molecule has 0 unspecified atom stereocenters. The standard InChI is InChI=1S/C11H14ClNO2S/c12-10-7-9(1-2-11(10)14)8-13-3-5-16(15)6-4-13/h1-2,7,14H,3-6,8H2. The Morgan fingerprint density at radius 2 is 2.06 bits per heavy atom. The van der Waals surface area contributed by atoms with Crippen LogP contribution in [0.1, 0.15) is 5.56 Å². The lowest BCUT2D eigenvalue weighted by atomic mass is 10.2. The molecule has 1 saturated heterocycles. The molecule has 1 aromatic carbocycles. The highest BCUT2D eigenvalue weighted by atomic mass is 35.5. The quantitative estimate of drug-likeness (QED) is 0.877. The van der Waals surface area contributed by atoms with E-state index in [0.29, 0.717) is 5.02 Å². The average molecular weight is 260 g/mol. The van der Waals surface area contributed by atoms with E-state index in [4.69, 9.17) is 11.6 Å². The number of hydrogen-bond donors (Lipinski definition) is 1. The van der Waals surface area contributed by atoms with Crippen molar-refractivity contribution in [2.45, 2.75) is 6.54 Å². The first-order valence-corrected chi connectivity index (χ1v) is 7.06. The monoisotopic (exact) mass is 259 g/mol. The van der Waals surface area contributed by atoms with Crippen LogP contribution in [0, 0.1) is 0 Å². The number of hydrogen-bond acceptors (Lipinski definition) is 3. The van der Waals surface area contributed by atoms with Crippen LogP contribution in [-0.2, 0) is 17.3 Å². The topological polar surface area (TPSA) is 40.5 Å². The fourth-order valence-corrected chi connectivity index (χ4v) is 3.07. The van der Waals surface area contributed by atoms with Crippen molar-refractivity contribution in [3.8, 4) is 5.75 Å². The molecule has 0 bridgehead atoms. The summed E-state index contributed by atoms with van der Waals surface area (Å²) >= 11 is 5.84. The maximum absolute atomic E-state index is 11.2. The van der Waals surface area contributed by atoms with Gasteiger partial charge in [0.15, 0.2) is 0 Å². The Hall–Kier alpha value is -0.580. The zero-order valence-corrected chi connectivity index (χ0v) is 10.4. The summed E-state index contributed by atoms with van der Waals surface area (Å²) in [5.41, 5.74) is 1.08. The van der Waals surface area contributed by atoms with Gasteiger partial charge in [0, 0.05) is 41.9 Å². The number of phenolic OH excluding ortho intramolecular Hbond substituents is 1. The Balaban J connectivity index is 1.98. The lowest BCUT2D eigenvalue weighted by Gasteiger charge is -2.26. The molecule has 5 heteroatoms. The third-order valence-corrected chi connectivity index (χ3v) is 4.27. The molecule has 1 N–H and O–H groups in total. The first-order valence-electron chi connectivity index (χ1n) is 5.20. The van der Waals surface area contributed by atoms with Gasteiger partial charge in [-0.2, -0.15) is 0 Å². The van der Waals surface area contributed by atoms with Gasteiger partial charge >= 0.3 is 0 Å². The van der Waals surface area contributed by atoms with Crippen LogP contribution in [0.15, 0.2) is 18.2 Å². The molecule has 1 aliphatic rings. The number of aromatic hydroxyl groups is 1. The lowest BCUT2D eigenvalue weighted by Crippen LogP contribution is -2.37. The van der Waals surface area contributed by atoms with Crippen molar-refractivity contribution in [1.29, 1.82) is 0 Å². The van der Waals surface area contributed by atoms with Crippen LogP contribution >= 0.6 is 11.6 Å². The average Bonchev–Trinajstić information content (AvgIpc) is 2.27. The van der Waals surface area contributed by atoms with Crippen molar-refractivity contribution in [3.05, 3.63) is 28.8 Å². The smallest absolute Gasteiger partial charge is 0.134 e. The number of nitrogens with zero attached hydrogens (tertiary/aromatic N) is 1. The van der Waals surface area contributed by atoms with Crippen molar-refractivity contribution < 1.29 is 9.32 Å². The van der Waals surface area contributed by atoms with Crippen LogP contribution in [0.25, 0.3) is 0 Å². The summed E-state index contributed by atoms with van der Waals surface area (Å²) in [6, 6.07) is 5.26. The minimum absolute atomic E-state index is 0.116. The molecule has 3 nitrogen and oxygen atoms in total. The van der Waals surface area contributed by atoms with E-state index in [1.807, 2.05) is 6.07 Å². The molecule has 0 aromatic heterocycles. The molecule has 0 atom stereocenters. The minimum Gasteiger partial charge on any atom is -0.506 e. The minimum atomic E-state index is -0.635. The summed E-state index contributed by atoms with van der Waals surface area (Å²) in [7, 11) is -0.635. The van der Waals surface area contributed by atoms with E-state index in [-0.39, 0.29) is 5.75 Å². The second-order valence-corrected chi connectivity index (χ2v) is 6.01. The van der Waals surface area contributed by atoms with Crippen LogP contribution in [0.4, 0.5) is 0 Å². The third kappa shape index (κ3) is 2.97. The number of benzene rings is 1. The van der Waals surface area contributed by atoms with E-state index in [9.17, 15) is 9.32 Å². The third-order valence-electron chi connectivity index (χ3n) is 2.69. The fourth-order valence-electron chi connectivity index (χ4n) is 1.74. The molecule has 1 aromatic rings. The van der Waals surface area contributed by atoms with Crippen molar-refractivity contribution in [3.63, 3.8) is 0 Å². The molecule has 1 fully saturated rings. The SMILES string of the molecule is O=S1CCN(Cc2ccc(O)c(Cl)c2)CC1. The van der Waals surface area contributed by atoms with Gasteiger partial charge in [-0.15, -0.1) is 0 Å². The molecule has 16 heavy (non-hydrogen) atoms. The molecule has 1 heterocycles. The molecular formula is C11H14ClNO2S. The molecular weight excluding hydrogens is 246 g/mol. The summed E-state index contributed by atoms with van der Waals surface area (Å²) in [4.78, 5) is 2.25. The van der Waals surface area contributed by atoms with Gasteiger partial charge in [0.2, 0.25) is 0 Å². The maximum atomic E-state index is 11.2. The summed E-state index contributed by atoms with van der Waals surface area (Å²) in [6.07, 6.45) is 0. The second kappa shape index (κ2) is 5.17. The van der Waals surface area contributed by atoms with Gasteiger partial charge in [-0.1, -0.05) is 17.7 Å². The van der Waals surface area contributed by atoms with Gasteiger partial charge in [-0.25, -0.2) is 0 Å². The summed E-state index contributed by atoms with van der Waals surface area (Å²) in [5, 5.41) is 9.69. The Morgan fingerprint density at radius 3 is 2.69 bits per heavy atom. The number of halogens is 1. The zero-order valence-electron chi connectivity index (χ0n) is 8.86. The van der Waals surface area contributed by atoms with Crippen LogP contribution in [0.2, 0.25) is 5.02 Å². The Bertz CT molecular complexity index is 401. The van der Waals surface area contributed by atoms with E-state index < -0.39 is 10.8 Å². The molecule has 0 saturated carbocycles. The predicted octanol–water partition coefficient (Wildman–Crippen LogP) is 1.61. The van der Waals surface area contributed by atoms with Gasteiger partial charge in [-0.3, -0.25) is 9.11 Å². The second-order valence-electron chi connectivity index (χ2n) is 3.91. The molecule has 2 rings (SSSR count). The summed E-state index contributed by atoms with van der Waals surface area (Å²) < 4.78 is 11.2. The van der Waals surface area contributed by atoms with E-state index >= 15 is 0 Å². The first-order chi connectivity index (χ1) is 7.65. The highest BCUT2D eigenvalue weighted by molar-refractivity contribution is 7.85. The van der Waals surface area contributed by atoms with Crippen LogP contribution in [0.5, 0.6) is 5.75 Å². The number of phenols is 1. The largest absolute Gasteiger partial charge is 0.506 e. The molecule has 1 aliphatic heterocycles. The zero-order chi connectivity index (χ0) is 11.5. The Labute approximate surface area is 102 Å². The van der Waals surface area contributed by atoms with Gasteiger partial charge in [0.1, 0.15) is 5.75 Å². The van der Waals surface area contributed by atoms with Crippen LogP contribution < -0.4 is 0 Å². The van der Waals surface area contributed by atoms with E-state index in [0.717, 1.165) is 36.7 Å². The van der Waals surface area contributed by atoms with Crippen molar-refractivity contribution in [2.24, 2.45) is 0 Å². The van der Waals surface area contributed by atoms with Crippen molar-refractivity contribution in [1.82, 2.24) is 4.90 Å². The van der Waals surface area contributed by atoms with Crippen LogP contribution in [0.3, 0.4) is 0 Å². The maximum Gasteiger partial charge on any atom is 0.134 e. The molecule has 0 aliphatic carbocycles.